The van der Waals surface area contributed by atoms with Crippen LogP contribution < -0.4 is 5.32 Å². The van der Waals surface area contributed by atoms with Gasteiger partial charge in [-0.15, -0.1) is 0 Å². The number of aliphatic carboxylic acids is 1. The third kappa shape index (κ3) is 4.96. The number of aryl methyl sites for hydroxylation is 1. The van der Waals surface area contributed by atoms with Gasteiger partial charge in [-0.05, 0) is 42.7 Å². The van der Waals surface area contributed by atoms with E-state index in [1.54, 1.807) is 50.4 Å². The highest BCUT2D eigenvalue weighted by atomic mass is 35.5. The molecule has 3 N–H and O–H groups in total. The van der Waals surface area contributed by atoms with Gasteiger partial charge in [0, 0.05) is 21.5 Å². The van der Waals surface area contributed by atoms with E-state index in [9.17, 15) is 9.59 Å². The summed E-state index contributed by atoms with van der Waals surface area (Å²) >= 11 is 6.24. The molecule has 5 aromatic rings. The van der Waals surface area contributed by atoms with Crippen LogP contribution in [0.5, 0.6) is 0 Å². The number of carbonyl (C=O) groups excluding carboxylic acids is 1. The van der Waals surface area contributed by atoms with Gasteiger partial charge in [0.2, 0.25) is 0 Å². The zero-order chi connectivity index (χ0) is 26.8. The van der Waals surface area contributed by atoms with E-state index in [1.807, 2.05) is 30.3 Å². The number of amides is 1. The number of aromatic amines is 1. The molecule has 0 aliphatic carbocycles. The Morgan fingerprint density at radius 3 is 2.58 bits per heavy atom. The van der Waals surface area contributed by atoms with Crippen molar-refractivity contribution in [3.8, 4) is 22.5 Å². The molecule has 9 nitrogen and oxygen atoms in total. The first kappa shape index (κ1) is 25.0. The molecular formula is C28H23ClN4O5. The lowest BCUT2D eigenvalue weighted by Crippen LogP contribution is -2.17. The minimum atomic E-state index is -0.881. The molecule has 1 amide bonds. The van der Waals surface area contributed by atoms with Gasteiger partial charge in [-0.3, -0.25) is 15.2 Å². The van der Waals surface area contributed by atoms with Gasteiger partial charge in [0.25, 0.3) is 0 Å². The van der Waals surface area contributed by atoms with Gasteiger partial charge < -0.3 is 14.4 Å². The Bertz CT molecular complexity index is 1640. The standard InChI is InChI=1S/C28H23ClN4O5/c1-15-25(31-28(36)37-16(2)19-5-3-4-6-23(19)29)27(38-33-15)21-12-11-20(22-14-30-32-26(21)22)18-9-7-17(8-10-18)13-24(34)35/h3-12,14,16H,13H2,1-2H3,(H,30,32)(H,31,36)(H,34,35). The maximum absolute atomic E-state index is 12.8. The van der Waals surface area contributed by atoms with Crippen LogP contribution in [0.2, 0.25) is 5.02 Å². The molecule has 5 rings (SSSR count). The van der Waals surface area contributed by atoms with E-state index in [-0.39, 0.29) is 6.42 Å². The van der Waals surface area contributed by atoms with Crippen LogP contribution in [0, 0.1) is 6.92 Å². The minimum Gasteiger partial charge on any atom is -0.481 e. The number of anilines is 1. The van der Waals surface area contributed by atoms with Crippen LogP contribution in [0.15, 0.2) is 71.4 Å². The maximum Gasteiger partial charge on any atom is 0.412 e. The van der Waals surface area contributed by atoms with Crippen molar-refractivity contribution in [3.05, 3.63) is 88.7 Å². The molecule has 38 heavy (non-hydrogen) atoms. The predicted octanol–water partition coefficient (Wildman–Crippen LogP) is 6.78. The molecule has 2 heterocycles. The molecule has 0 aliphatic rings. The van der Waals surface area contributed by atoms with Crippen LogP contribution >= 0.6 is 11.6 Å². The summed E-state index contributed by atoms with van der Waals surface area (Å²) in [5, 5.41) is 24.4. The van der Waals surface area contributed by atoms with E-state index in [2.05, 4.69) is 20.7 Å². The van der Waals surface area contributed by atoms with E-state index in [1.165, 1.54) is 0 Å². The number of hydrogen-bond acceptors (Lipinski definition) is 6. The second-order valence-electron chi connectivity index (χ2n) is 8.75. The second kappa shape index (κ2) is 10.4. The van der Waals surface area contributed by atoms with Crippen LogP contribution in [-0.4, -0.2) is 32.5 Å². The molecule has 0 aliphatic heterocycles. The van der Waals surface area contributed by atoms with E-state index in [0.717, 1.165) is 16.5 Å². The Morgan fingerprint density at radius 1 is 1.11 bits per heavy atom. The van der Waals surface area contributed by atoms with Gasteiger partial charge in [0.05, 0.1) is 18.1 Å². The van der Waals surface area contributed by atoms with Crippen molar-refractivity contribution in [2.24, 2.45) is 0 Å². The van der Waals surface area contributed by atoms with E-state index in [4.69, 9.17) is 26.0 Å². The summed E-state index contributed by atoms with van der Waals surface area (Å²) in [6, 6.07) is 18.3. The summed E-state index contributed by atoms with van der Waals surface area (Å²) in [5.41, 5.74) is 5.41. The summed E-state index contributed by atoms with van der Waals surface area (Å²) in [5.74, 6) is -0.532. The number of halogens is 1. The van der Waals surface area contributed by atoms with Crippen molar-refractivity contribution < 1.29 is 24.0 Å². The number of nitrogens with one attached hydrogen (secondary N) is 2. The van der Waals surface area contributed by atoms with Gasteiger partial charge in [0.15, 0.2) is 5.76 Å². The van der Waals surface area contributed by atoms with Crippen LogP contribution in [0.25, 0.3) is 33.4 Å². The summed E-state index contributed by atoms with van der Waals surface area (Å²) in [7, 11) is 0. The molecule has 0 saturated carbocycles. The van der Waals surface area contributed by atoms with Crippen molar-refractivity contribution >= 4 is 40.3 Å². The molecule has 0 saturated heterocycles. The fraction of sp³-hybridized carbons (Fsp3) is 0.143. The lowest BCUT2D eigenvalue weighted by Gasteiger charge is -2.15. The summed E-state index contributed by atoms with van der Waals surface area (Å²) in [6.07, 6.45) is 0.409. The second-order valence-corrected chi connectivity index (χ2v) is 9.16. The normalized spacial score (nSPS) is 11.9. The largest absolute Gasteiger partial charge is 0.481 e. The van der Waals surface area contributed by atoms with Crippen molar-refractivity contribution in [3.63, 3.8) is 0 Å². The fourth-order valence-corrected chi connectivity index (χ4v) is 4.60. The predicted molar refractivity (Wildman–Crippen MR) is 143 cm³/mol. The van der Waals surface area contributed by atoms with Crippen LogP contribution in [0.1, 0.15) is 29.8 Å². The molecule has 0 radical (unpaired) electrons. The lowest BCUT2D eigenvalue weighted by atomic mass is 9.97. The Balaban J connectivity index is 1.43. The van der Waals surface area contributed by atoms with E-state index >= 15 is 0 Å². The monoisotopic (exact) mass is 530 g/mol. The molecule has 1 atom stereocenters. The van der Waals surface area contributed by atoms with Gasteiger partial charge in [-0.25, -0.2) is 4.79 Å². The number of fused-ring (bicyclic) bond motifs is 1. The highest BCUT2D eigenvalue weighted by molar-refractivity contribution is 6.31. The van der Waals surface area contributed by atoms with Crippen molar-refractivity contribution in [2.75, 3.05) is 5.32 Å². The third-order valence-corrected chi connectivity index (χ3v) is 6.54. The van der Waals surface area contributed by atoms with E-state index in [0.29, 0.717) is 44.4 Å². The third-order valence-electron chi connectivity index (χ3n) is 6.20. The molecule has 1 unspecified atom stereocenters. The highest BCUT2D eigenvalue weighted by Gasteiger charge is 2.23. The Morgan fingerprint density at radius 2 is 1.84 bits per heavy atom. The highest BCUT2D eigenvalue weighted by Crippen LogP contribution is 2.39. The topological polar surface area (TPSA) is 130 Å². The minimum absolute atomic E-state index is 0.0411. The summed E-state index contributed by atoms with van der Waals surface area (Å²) in [4.78, 5) is 23.8. The Kier molecular flexibility index (Phi) is 6.85. The number of H-pyrrole nitrogens is 1. The van der Waals surface area contributed by atoms with Crippen molar-refractivity contribution in [1.82, 2.24) is 15.4 Å². The van der Waals surface area contributed by atoms with E-state index < -0.39 is 18.2 Å². The first-order valence-corrected chi connectivity index (χ1v) is 12.2. The number of benzene rings is 3. The van der Waals surface area contributed by atoms with Crippen molar-refractivity contribution in [2.45, 2.75) is 26.4 Å². The zero-order valence-electron chi connectivity index (χ0n) is 20.5. The SMILES string of the molecule is Cc1noc(-c2ccc(-c3ccc(CC(=O)O)cc3)c3cn[nH]c23)c1NC(=O)OC(C)c1ccccc1Cl. The molecule has 10 heteroatoms. The summed E-state index contributed by atoms with van der Waals surface area (Å²) in [6.45, 7) is 3.46. The van der Waals surface area contributed by atoms with Crippen LogP contribution in [-0.2, 0) is 16.0 Å². The quantitative estimate of drug-likeness (QED) is 0.211. The number of rotatable bonds is 7. The zero-order valence-corrected chi connectivity index (χ0v) is 21.2. The molecule has 0 bridgehead atoms. The molecular weight excluding hydrogens is 508 g/mol. The fourth-order valence-electron chi connectivity index (χ4n) is 4.31. The Hall–Kier alpha value is -4.63. The van der Waals surface area contributed by atoms with Gasteiger partial charge >= 0.3 is 12.1 Å². The van der Waals surface area contributed by atoms with Gasteiger partial charge in [-0.1, -0.05) is 65.3 Å². The smallest absolute Gasteiger partial charge is 0.412 e. The number of aromatic nitrogens is 3. The average Bonchev–Trinajstić information content (AvgIpc) is 3.51. The first-order chi connectivity index (χ1) is 18.3. The average molecular weight is 531 g/mol. The lowest BCUT2D eigenvalue weighted by molar-refractivity contribution is -0.136. The van der Waals surface area contributed by atoms with Crippen LogP contribution in [0.3, 0.4) is 0 Å². The number of ether oxygens (including phenoxy) is 1. The number of hydrogen-bond donors (Lipinski definition) is 3. The number of carboxylic acids is 1. The first-order valence-electron chi connectivity index (χ1n) is 11.8. The number of carboxylic acid groups (broad SMARTS) is 1. The van der Waals surface area contributed by atoms with Gasteiger partial charge in [0.1, 0.15) is 17.5 Å². The molecule has 0 fully saturated rings. The number of carbonyl (C=O) groups is 2. The molecule has 192 valence electrons. The molecule has 0 spiro atoms. The van der Waals surface area contributed by atoms with Crippen LogP contribution in [0.4, 0.5) is 10.5 Å². The van der Waals surface area contributed by atoms with Gasteiger partial charge in [-0.2, -0.15) is 5.10 Å². The number of nitrogens with zero attached hydrogens (tertiary/aromatic N) is 2. The maximum atomic E-state index is 12.8. The summed E-state index contributed by atoms with van der Waals surface area (Å²) < 4.78 is 11.2. The Labute approximate surface area is 222 Å². The molecule has 2 aromatic heterocycles. The van der Waals surface area contributed by atoms with Crippen molar-refractivity contribution in [1.29, 1.82) is 0 Å². The molecule has 3 aromatic carbocycles.